The van der Waals surface area contributed by atoms with Gasteiger partial charge in [0.2, 0.25) is 5.91 Å². The molecule has 3 aromatic carbocycles. The fourth-order valence-electron chi connectivity index (χ4n) is 7.01. The number of aliphatic imine (C=N–C) groups is 1. The van der Waals surface area contributed by atoms with Crippen molar-refractivity contribution in [3.05, 3.63) is 130 Å². The molecule has 6 rings (SSSR count). The zero-order valence-electron chi connectivity index (χ0n) is 33.5. The Labute approximate surface area is 357 Å². The number of non-ortho nitro benzene ring substituents is 3. The van der Waals surface area contributed by atoms with Crippen LogP contribution in [-0.4, -0.2) is 97.7 Å². The van der Waals surface area contributed by atoms with Crippen LogP contribution >= 0.6 is 11.8 Å². The minimum Gasteiger partial charge on any atom is -0.456 e. The molecule has 2 fully saturated rings. The Morgan fingerprint density at radius 3 is 1.82 bits per heavy atom. The lowest BCUT2D eigenvalue weighted by atomic mass is 9.83. The van der Waals surface area contributed by atoms with Crippen molar-refractivity contribution in [1.82, 2.24) is 9.80 Å². The Morgan fingerprint density at radius 1 is 0.806 bits per heavy atom. The first-order chi connectivity index (χ1) is 29.6. The molecule has 326 valence electrons. The molecule has 3 heterocycles. The number of nitrogens with zero attached hydrogens (tertiary/aromatic N) is 6. The van der Waals surface area contributed by atoms with Gasteiger partial charge in [-0.3, -0.25) is 35.1 Å². The number of nitro groups is 3. The van der Waals surface area contributed by atoms with Gasteiger partial charge < -0.3 is 33.5 Å². The first-order valence-electron chi connectivity index (χ1n) is 19.1. The molecule has 0 saturated carbocycles. The first-order valence-corrected chi connectivity index (χ1v) is 20.0. The van der Waals surface area contributed by atoms with Crippen molar-refractivity contribution in [2.45, 2.75) is 70.5 Å². The van der Waals surface area contributed by atoms with E-state index in [0.717, 1.165) is 0 Å². The summed E-state index contributed by atoms with van der Waals surface area (Å²) in [4.78, 5) is 91.9. The molecule has 62 heavy (non-hydrogen) atoms. The highest BCUT2D eigenvalue weighted by Gasteiger charge is 2.58. The van der Waals surface area contributed by atoms with Gasteiger partial charge >= 0.3 is 18.2 Å². The molecule has 4 unspecified atom stereocenters. The van der Waals surface area contributed by atoms with Gasteiger partial charge in [-0.15, -0.1) is 11.8 Å². The number of thioether (sulfide) groups is 1. The second-order valence-corrected chi connectivity index (χ2v) is 15.8. The number of nitro benzene ring substituents is 3. The third kappa shape index (κ3) is 10.7. The third-order valence-electron chi connectivity index (χ3n) is 10.3. The van der Waals surface area contributed by atoms with E-state index < -0.39 is 63.1 Å². The van der Waals surface area contributed by atoms with E-state index in [1.807, 2.05) is 11.8 Å². The normalized spacial score (nSPS) is 19.4. The number of ether oxygens (including phenoxy) is 5. The van der Waals surface area contributed by atoms with Crippen LogP contribution in [0.15, 0.2) is 88.4 Å². The number of benzene rings is 3. The van der Waals surface area contributed by atoms with E-state index in [9.17, 15) is 49.5 Å². The third-order valence-corrected chi connectivity index (χ3v) is 11.7. The molecule has 0 radical (unpaired) electrons. The Morgan fingerprint density at radius 2 is 1.31 bits per heavy atom. The molecule has 0 aliphatic carbocycles. The zero-order valence-corrected chi connectivity index (χ0v) is 34.3. The van der Waals surface area contributed by atoms with E-state index in [1.54, 1.807) is 6.92 Å². The van der Waals surface area contributed by atoms with E-state index in [-0.39, 0.29) is 60.9 Å². The molecule has 2 amide bonds. The lowest BCUT2D eigenvalue weighted by molar-refractivity contribution is -0.385. The molecular formula is C40H40N6O15S. The minimum absolute atomic E-state index is 0.0177. The van der Waals surface area contributed by atoms with Crippen LogP contribution in [0.2, 0.25) is 0 Å². The largest absolute Gasteiger partial charge is 0.508 e. The SMILES string of the molecule is CC(=NC(=O)OCc1ccc([N+](=O)[O-])cc1)N1CCOC(C(C)SC2=C(C(=O)OCc3ccc([N+](=O)[O-])cc3)N3C(=O)C(C(C)OC(=O)OCc4ccc([N+](=O)[O-])cc4)[C@H]3C2)C1. The van der Waals surface area contributed by atoms with Crippen LogP contribution in [0.5, 0.6) is 0 Å². The van der Waals surface area contributed by atoms with Gasteiger partial charge in [0.1, 0.15) is 37.5 Å². The van der Waals surface area contributed by atoms with Crippen LogP contribution < -0.4 is 0 Å². The summed E-state index contributed by atoms with van der Waals surface area (Å²) in [6.45, 7) is 5.48. The van der Waals surface area contributed by atoms with E-state index in [0.29, 0.717) is 40.5 Å². The monoisotopic (exact) mass is 876 g/mol. The van der Waals surface area contributed by atoms with Crippen LogP contribution in [0.3, 0.4) is 0 Å². The van der Waals surface area contributed by atoms with Gasteiger partial charge in [0.25, 0.3) is 17.1 Å². The molecule has 0 N–H and O–H groups in total. The van der Waals surface area contributed by atoms with Crippen molar-refractivity contribution in [3.63, 3.8) is 0 Å². The molecule has 0 bridgehead atoms. The van der Waals surface area contributed by atoms with Gasteiger partial charge in [-0.05, 0) is 66.9 Å². The van der Waals surface area contributed by atoms with Crippen molar-refractivity contribution in [1.29, 1.82) is 0 Å². The number of amidine groups is 1. The Kier molecular flexibility index (Phi) is 14.1. The summed E-state index contributed by atoms with van der Waals surface area (Å²) in [6, 6.07) is 15.9. The number of rotatable bonds is 15. The number of hydrogen-bond donors (Lipinski definition) is 0. The summed E-state index contributed by atoms with van der Waals surface area (Å²) in [5, 5.41) is 32.6. The van der Waals surface area contributed by atoms with Gasteiger partial charge in [0.05, 0.1) is 39.4 Å². The molecule has 0 aromatic heterocycles. The molecule has 21 nitrogen and oxygen atoms in total. The lowest BCUT2D eigenvalue weighted by Crippen LogP contribution is -2.62. The topological polar surface area (TPSA) is 263 Å². The van der Waals surface area contributed by atoms with Crippen LogP contribution in [0, 0.1) is 36.3 Å². The minimum atomic E-state index is -1.06. The Bertz CT molecular complexity index is 2290. The maximum absolute atomic E-state index is 13.8. The molecule has 3 aliphatic heterocycles. The van der Waals surface area contributed by atoms with Crippen molar-refractivity contribution in [2.24, 2.45) is 10.9 Å². The van der Waals surface area contributed by atoms with Crippen molar-refractivity contribution >= 4 is 58.8 Å². The van der Waals surface area contributed by atoms with E-state index in [1.165, 1.54) is 96.4 Å². The standard InChI is InChI=1S/C40H40N6O15S/c1-23(61-40(50)60-22-28-8-14-31(15-9-28)46(55)56)35-32-18-34(36(43(32)37(35)47)38(48)58-20-26-4-10-29(11-5-26)44(51)52)62-24(2)33-19-42(16-17-57-33)25(3)41-39(49)59-21-27-6-12-30(13-7-27)45(53)54/h4-15,23-24,32-33,35H,16-22H2,1-3H3/t23?,24?,32-,33?,35?/m1/s1. The highest BCUT2D eigenvalue weighted by Crippen LogP contribution is 2.49. The molecular weight excluding hydrogens is 837 g/mol. The molecule has 3 aliphatic rings. The molecule has 5 atom stereocenters. The first kappa shape index (κ1) is 44.6. The van der Waals surface area contributed by atoms with Crippen LogP contribution in [-0.2, 0) is 53.1 Å². The number of carbonyl (C=O) groups is 4. The number of carbonyl (C=O) groups excluding carboxylic acids is 4. The Balaban J connectivity index is 1.10. The van der Waals surface area contributed by atoms with E-state index in [4.69, 9.17) is 23.7 Å². The summed E-state index contributed by atoms with van der Waals surface area (Å²) < 4.78 is 27.7. The average molecular weight is 877 g/mol. The van der Waals surface area contributed by atoms with Crippen molar-refractivity contribution in [3.8, 4) is 0 Å². The summed E-state index contributed by atoms with van der Waals surface area (Å²) in [5.74, 6) is -1.75. The van der Waals surface area contributed by atoms with Crippen molar-refractivity contribution < 1.29 is 57.6 Å². The smallest absolute Gasteiger partial charge is 0.456 e. The van der Waals surface area contributed by atoms with E-state index >= 15 is 0 Å². The maximum atomic E-state index is 13.8. The maximum Gasteiger partial charge on any atom is 0.508 e. The summed E-state index contributed by atoms with van der Waals surface area (Å²) in [6.07, 6.45) is -3.09. The quantitative estimate of drug-likeness (QED) is 0.0312. The zero-order chi connectivity index (χ0) is 44.7. The summed E-state index contributed by atoms with van der Waals surface area (Å²) in [7, 11) is 0. The van der Waals surface area contributed by atoms with Gasteiger partial charge in [0, 0.05) is 66.1 Å². The highest BCUT2D eigenvalue weighted by atomic mass is 32.2. The van der Waals surface area contributed by atoms with Gasteiger partial charge in [-0.25, -0.2) is 14.4 Å². The number of morpholine rings is 1. The second kappa shape index (κ2) is 19.6. The lowest BCUT2D eigenvalue weighted by Gasteiger charge is -2.45. The van der Waals surface area contributed by atoms with Crippen LogP contribution in [0.25, 0.3) is 0 Å². The second-order valence-electron chi connectivity index (χ2n) is 14.4. The van der Waals surface area contributed by atoms with Gasteiger partial charge in [-0.2, -0.15) is 4.99 Å². The number of fused-ring (bicyclic) bond motifs is 1. The van der Waals surface area contributed by atoms with Crippen LogP contribution in [0.4, 0.5) is 26.7 Å². The van der Waals surface area contributed by atoms with E-state index in [2.05, 4.69) is 4.99 Å². The fraction of sp³-hybridized carbons (Fsp3) is 0.375. The average Bonchev–Trinajstić information content (AvgIpc) is 3.57. The number of β-lactam (4-membered cyclic amide) rings is 1. The highest BCUT2D eigenvalue weighted by molar-refractivity contribution is 8.03. The molecule has 0 spiro atoms. The van der Waals surface area contributed by atoms with Crippen LogP contribution in [0.1, 0.15) is 43.9 Å². The molecule has 3 aromatic rings. The number of amides is 2. The van der Waals surface area contributed by atoms with Gasteiger partial charge in [-0.1, -0.05) is 6.92 Å². The predicted molar refractivity (Wildman–Crippen MR) is 217 cm³/mol. The molecule has 22 heteroatoms. The molecule has 2 saturated heterocycles. The number of hydrogen-bond acceptors (Lipinski definition) is 16. The predicted octanol–water partition coefficient (Wildman–Crippen LogP) is 6.22. The summed E-state index contributed by atoms with van der Waals surface area (Å²) in [5.41, 5.74) is 1.16. The Hall–Kier alpha value is -6.94. The summed E-state index contributed by atoms with van der Waals surface area (Å²) >= 11 is 1.31. The van der Waals surface area contributed by atoms with Crippen molar-refractivity contribution in [2.75, 3.05) is 19.7 Å². The fourth-order valence-corrected chi connectivity index (χ4v) is 8.33. The van der Waals surface area contributed by atoms with Gasteiger partial charge in [0.15, 0.2) is 0 Å². The number of esters is 1.